The van der Waals surface area contributed by atoms with Crippen LogP contribution in [0.1, 0.15) is 19.8 Å². The first kappa shape index (κ1) is 9.47. The van der Waals surface area contributed by atoms with Crippen molar-refractivity contribution in [1.29, 1.82) is 0 Å². The van der Waals surface area contributed by atoms with E-state index in [9.17, 15) is 0 Å². The van der Waals surface area contributed by atoms with Gasteiger partial charge in [-0.1, -0.05) is 0 Å². The van der Waals surface area contributed by atoms with Gasteiger partial charge in [-0.25, -0.2) is 0 Å². The second kappa shape index (κ2) is 2.48. The van der Waals surface area contributed by atoms with E-state index < -0.39 is 0 Å². The van der Waals surface area contributed by atoms with Crippen molar-refractivity contribution in [3.63, 3.8) is 0 Å². The molecule has 0 bridgehead atoms. The molecule has 1 heterocycles. The fraction of sp³-hybridized carbons (Fsp3) is 1.00. The van der Waals surface area contributed by atoms with E-state index in [1.54, 1.807) is 0 Å². The molecule has 2 aliphatic rings. The summed E-state index contributed by atoms with van der Waals surface area (Å²) in [5.41, 5.74) is 0.687. The van der Waals surface area contributed by atoms with E-state index in [0.717, 1.165) is 12.1 Å². The van der Waals surface area contributed by atoms with E-state index in [1.807, 2.05) is 0 Å². The van der Waals surface area contributed by atoms with Crippen LogP contribution in [-0.4, -0.2) is 56.2 Å². The van der Waals surface area contributed by atoms with Crippen LogP contribution in [0.2, 0.25) is 0 Å². The zero-order valence-electron chi connectivity index (χ0n) is 9.67. The molecule has 13 heavy (non-hydrogen) atoms. The monoisotopic (exact) mass is 183 g/mol. The van der Waals surface area contributed by atoms with Crippen LogP contribution in [-0.2, 0) is 0 Å². The summed E-state index contributed by atoms with van der Waals surface area (Å²) in [5, 5.41) is 0. The maximum atomic E-state index is 2.41. The van der Waals surface area contributed by atoms with Gasteiger partial charge in [-0.3, -0.25) is 0 Å². The Morgan fingerprint density at radius 2 is 1.92 bits per heavy atom. The standard InChI is InChI=1S/C11H23N2/c1-9-6-11(8-12(2)3)7-10(11)13(9,4)5/h9-10H,6-8H2,1-5H3/q+1/t9-,10+,11-/m1/s1. The number of nitrogens with zero attached hydrogens (tertiary/aromatic N) is 2. The number of fused-ring (bicyclic) bond motifs is 1. The average molecular weight is 183 g/mol. The van der Waals surface area contributed by atoms with Crippen molar-refractivity contribution in [3.8, 4) is 0 Å². The number of rotatable bonds is 2. The molecule has 1 saturated heterocycles. The molecule has 0 spiro atoms. The van der Waals surface area contributed by atoms with E-state index in [4.69, 9.17) is 0 Å². The molecule has 2 rings (SSSR count). The Labute approximate surface area is 82.1 Å². The van der Waals surface area contributed by atoms with Crippen molar-refractivity contribution < 1.29 is 4.48 Å². The van der Waals surface area contributed by atoms with E-state index in [1.165, 1.54) is 23.9 Å². The summed E-state index contributed by atoms with van der Waals surface area (Å²) in [4.78, 5) is 2.36. The summed E-state index contributed by atoms with van der Waals surface area (Å²) in [6, 6.07) is 1.81. The van der Waals surface area contributed by atoms with Gasteiger partial charge in [0, 0.05) is 24.8 Å². The second-order valence-corrected chi connectivity index (χ2v) is 6.00. The number of quaternary nitrogens is 1. The van der Waals surface area contributed by atoms with Crippen LogP contribution in [0.15, 0.2) is 0 Å². The van der Waals surface area contributed by atoms with E-state index in [2.05, 4.69) is 40.0 Å². The van der Waals surface area contributed by atoms with Crippen LogP contribution in [0.5, 0.6) is 0 Å². The first-order chi connectivity index (χ1) is 5.88. The molecule has 0 amide bonds. The number of hydrogen-bond acceptors (Lipinski definition) is 1. The van der Waals surface area contributed by atoms with Crippen molar-refractivity contribution in [2.75, 3.05) is 34.7 Å². The van der Waals surface area contributed by atoms with Gasteiger partial charge in [0.2, 0.25) is 0 Å². The SMILES string of the molecule is C[C@@H]1C[C@]2(CN(C)C)C[C@@H]2[N+]1(C)C. The van der Waals surface area contributed by atoms with Gasteiger partial charge in [-0.15, -0.1) is 0 Å². The lowest BCUT2D eigenvalue weighted by molar-refractivity contribution is -0.915. The molecule has 0 aromatic rings. The molecule has 0 N–H and O–H groups in total. The molecule has 0 aromatic heterocycles. The van der Waals surface area contributed by atoms with Gasteiger partial charge in [-0.05, 0) is 21.0 Å². The summed E-state index contributed by atoms with van der Waals surface area (Å²) < 4.78 is 1.26. The highest BCUT2D eigenvalue weighted by Crippen LogP contribution is 2.61. The van der Waals surface area contributed by atoms with Crippen molar-refractivity contribution >= 4 is 0 Å². The highest BCUT2D eigenvalue weighted by Gasteiger charge is 2.70. The lowest BCUT2D eigenvalue weighted by Gasteiger charge is -2.31. The van der Waals surface area contributed by atoms with E-state index in [-0.39, 0.29) is 0 Å². The third-order valence-corrected chi connectivity index (χ3v) is 4.42. The maximum absolute atomic E-state index is 2.41. The molecule has 2 fully saturated rings. The largest absolute Gasteiger partial charge is 0.323 e. The summed E-state index contributed by atoms with van der Waals surface area (Å²) >= 11 is 0. The zero-order chi connectivity index (χ0) is 9.85. The highest BCUT2D eigenvalue weighted by molar-refractivity contribution is 5.10. The molecule has 0 radical (unpaired) electrons. The van der Waals surface area contributed by atoms with Gasteiger partial charge in [0.05, 0.1) is 26.2 Å². The van der Waals surface area contributed by atoms with E-state index >= 15 is 0 Å². The topological polar surface area (TPSA) is 3.24 Å². The average Bonchev–Trinajstić information content (AvgIpc) is 2.57. The van der Waals surface area contributed by atoms with Crippen molar-refractivity contribution in [2.45, 2.75) is 31.8 Å². The summed E-state index contributed by atoms with van der Waals surface area (Å²) in [5.74, 6) is 0. The second-order valence-electron chi connectivity index (χ2n) is 6.00. The minimum Gasteiger partial charge on any atom is -0.323 e. The molecule has 2 heteroatoms. The van der Waals surface area contributed by atoms with Crippen molar-refractivity contribution in [2.24, 2.45) is 5.41 Å². The molecule has 1 aliphatic heterocycles. The molecule has 1 saturated carbocycles. The summed E-state index contributed by atoms with van der Waals surface area (Å²) in [7, 11) is 9.21. The molecule has 1 aliphatic carbocycles. The lowest BCUT2D eigenvalue weighted by Crippen LogP contribution is -2.45. The van der Waals surface area contributed by atoms with Gasteiger partial charge in [0.25, 0.3) is 0 Å². The summed E-state index contributed by atoms with van der Waals surface area (Å²) in [6.07, 6.45) is 2.89. The minimum absolute atomic E-state index is 0.687. The molecular formula is C11H23N2+. The van der Waals surface area contributed by atoms with Crippen LogP contribution >= 0.6 is 0 Å². The Morgan fingerprint density at radius 1 is 1.31 bits per heavy atom. The highest BCUT2D eigenvalue weighted by atomic mass is 15.4. The smallest absolute Gasteiger partial charge is 0.0970 e. The number of likely N-dealkylation sites (tertiary alicyclic amines) is 1. The van der Waals surface area contributed by atoms with Gasteiger partial charge in [0.1, 0.15) is 0 Å². The fourth-order valence-electron chi connectivity index (χ4n) is 3.48. The predicted molar refractivity (Wildman–Crippen MR) is 55.6 cm³/mol. The number of hydrogen-bond donors (Lipinski definition) is 0. The van der Waals surface area contributed by atoms with Gasteiger partial charge in [0.15, 0.2) is 0 Å². The van der Waals surface area contributed by atoms with E-state index in [0.29, 0.717) is 5.41 Å². The third kappa shape index (κ3) is 1.23. The Hall–Kier alpha value is -0.0800. The molecular weight excluding hydrogens is 160 g/mol. The van der Waals surface area contributed by atoms with Gasteiger partial charge >= 0.3 is 0 Å². The Kier molecular flexibility index (Phi) is 1.81. The van der Waals surface area contributed by atoms with Gasteiger partial charge < -0.3 is 9.38 Å². The molecule has 0 unspecified atom stereocenters. The third-order valence-electron chi connectivity index (χ3n) is 4.42. The zero-order valence-corrected chi connectivity index (χ0v) is 9.67. The molecule has 0 aromatic carbocycles. The van der Waals surface area contributed by atoms with Crippen LogP contribution in [0.4, 0.5) is 0 Å². The predicted octanol–water partition coefficient (Wildman–Crippen LogP) is 1.18. The molecule has 3 atom stereocenters. The number of piperidine rings is 1. The van der Waals surface area contributed by atoms with Crippen LogP contribution in [0.25, 0.3) is 0 Å². The Balaban J connectivity index is 2.09. The normalized spacial score (nSPS) is 46.6. The summed E-state index contributed by atoms with van der Waals surface area (Å²) in [6.45, 7) is 3.70. The van der Waals surface area contributed by atoms with Crippen LogP contribution < -0.4 is 0 Å². The van der Waals surface area contributed by atoms with Crippen LogP contribution in [0.3, 0.4) is 0 Å². The molecule has 76 valence electrons. The quantitative estimate of drug-likeness (QED) is 0.581. The first-order valence-corrected chi connectivity index (χ1v) is 5.36. The van der Waals surface area contributed by atoms with Crippen LogP contribution in [0, 0.1) is 5.41 Å². The molecule has 2 nitrogen and oxygen atoms in total. The van der Waals surface area contributed by atoms with Crippen molar-refractivity contribution in [1.82, 2.24) is 4.90 Å². The maximum Gasteiger partial charge on any atom is 0.0970 e. The Bertz CT molecular complexity index is 222. The lowest BCUT2D eigenvalue weighted by atomic mass is 10.00. The first-order valence-electron chi connectivity index (χ1n) is 5.36. The van der Waals surface area contributed by atoms with Crippen molar-refractivity contribution in [3.05, 3.63) is 0 Å². The fourth-order valence-corrected chi connectivity index (χ4v) is 3.48. The van der Waals surface area contributed by atoms with Gasteiger partial charge in [-0.2, -0.15) is 0 Å². The Morgan fingerprint density at radius 3 is 2.31 bits per heavy atom. The minimum atomic E-state index is 0.687.